The molecule has 6 rings (SSSR count). The number of carbonyl (C=O) groups excluding carboxylic acids is 5. The molecule has 0 aliphatic carbocycles. The van der Waals surface area contributed by atoms with Gasteiger partial charge in [0.1, 0.15) is 6.04 Å². The van der Waals surface area contributed by atoms with E-state index in [1.54, 1.807) is 23.6 Å². The van der Waals surface area contributed by atoms with Crippen LogP contribution in [0.5, 0.6) is 5.75 Å². The molecule has 13 nitrogen and oxygen atoms in total. The van der Waals surface area contributed by atoms with E-state index in [0.717, 1.165) is 54.6 Å². The molecule has 1 unspecified atom stereocenters. The zero-order valence-corrected chi connectivity index (χ0v) is 29.3. The highest BCUT2D eigenvalue weighted by atomic mass is 32.1. The van der Waals surface area contributed by atoms with E-state index in [9.17, 15) is 32.8 Å². The van der Waals surface area contributed by atoms with Crippen molar-refractivity contribution >= 4 is 51.7 Å². The topological polar surface area (TPSA) is 159 Å². The number of morpholine rings is 1. The van der Waals surface area contributed by atoms with E-state index in [2.05, 4.69) is 25.8 Å². The molecule has 5 amide bonds. The summed E-state index contributed by atoms with van der Waals surface area (Å²) in [5, 5.41) is 10.7. The number of nitrogens with zero attached hydrogens (tertiary/aromatic N) is 3. The van der Waals surface area contributed by atoms with Gasteiger partial charge in [0.05, 0.1) is 30.0 Å². The van der Waals surface area contributed by atoms with Crippen LogP contribution in [0.15, 0.2) is 35.7 Å². The smallest absolute Gasteiger partial charge is 0.264 e. The Balaban J connectivity index is 0.873. The molecule has 276 valence electrons. The molecule has 16 heteroatoms. The fourth-order valence-corrected chi connectivity index (χ4v) is 7.30. The van der Waals surface area contributed by atoms with Crippen LogP contribution in [0.25, 0.3) is 11.3 Å². The number of hydrogen-bond acceptors (Lipinski definition) is 11. The van der Waals surface area contributed by atoms with E-state index >= 15 is 0 Å². The van der Waals surface area contributed by atoms with Crippen LogP contribution in [-0.4, -0.2) is 91.5 Å². The number of unbranched alkanes of at least 4 members (excludes halogenated alkanes) is 5. The van der Waals surface area contributed by atoms with Crippen LogP contribution in [0.4, 0.5) is 19.6 Å². The average Bonchev–Trinajstić information content (AvgIpc) is 3.73. The molecule has 3 aromatic rings. The summed E-state index contributed by atoms with van der Waals surface area (Å²) in [6.07, 6.45) is 5.43. The summed E-state index contributed by atoms with van der Waals surface area (Å²) in [6.45, 7) is 3.08. The number of piperidine rings is 1. The molecular formula is C36H40F2N6O7S. The normalized spacial score (nSPS) is 17.3. The number of hydrogen-bond donors (Lipinski definition) is 3. The molecule has 2 saturated heterocycles. The van der Waals surface area contributed by atoms with E-state index in [4.69, 9.17) is 9.47 Å². The minimum atomic E-state index is -1.17. The molecule has 3 N–H and O–H groups in total. The summed E-state index contributed by atoms with van der Waals surface area (Å²) in [7, 11) is 0. The van der Waals surface area contributed by atoms with Crippen molar-refractivity contribution in [2.45, 2.75) is 57.4 Å². The first-order chi connectivity index (χ1) is 25.2. The molecule has 0 saturated carbocycles. The molecular weight excluding hydrogens is 698 g/mol. The van der Waals surface area contributed by atoms with E-state index in [1.807, 2.05) is 0 Å². The van der Waals surface area contributed by atoms with Gasteiger partial charge < -0.3 is 25.0 Å². The van der Waals surface area contributed by atoms with E-state index < -0.39 is 53.8 Å². The van der Waals surface area contributed by atoms with Crippen LogP contribution in [0.2, 0.25) is 0 Å². The predicted octanol–water partition coefficient (Wildman–Crippen LogP) is 4.27. The fourth-order valence-electron chi connectivity index (χ4n) is 6.42. The molecule has 2 aromatic carbocycles. The maximum absolute atomic E-state index is 14.8. The third-order valence-electron chi connectivity index (χ3n) is 9.16. The lowest BCUT2D eigenvalue weighted by Crippen LogP contribution is -2.54. The van der Waals surface area contributed by atoms with E-state index in [0.29, 0.717) is 50.8 Å². The molecule has 3 aliphatic heterocycles. The zero-order chi connectivity index (χ0) is 36.6. The van der Waals surface area contributed by atoms with Crippen LogP contribution < -0.4 is 25.6 Å². The Labute approximate surface area is 303 Å². The molecule has 1 aromatic heterocycles. The maximum Gasteiger partial charge on any atom is 0.264 e. The molecule has 0 bridgehead atoms. The molecule has 1 atom stereocenters. The Morgan fingerprint density at radius 1 is 0.962 bits per heavy atom. The predicted molar refractivity (Wildman–Crippen MR) is 188 cm³/mol. The standard InChI is InChI=1S/C36H40F2N6O7S/c37-24-11-10-22(26-21-52-36(41-26)43-16-18-50-19-17-43)32(31(24)38)51-20-29(46)40-15-6-4-2-1-3-5-14-39-25-9-7-8-23-30(25)35(49)44(34(23)48)27-12-13-28(45)42-33(27)47/h7-11,21,27,39H,1-6,12-20H2,(H,40,46)(H,42,45,47). The minimum Gasteiger partial charge on any atom is -0.480 e. The molecule has 52 heavy (non-hydrogen) atoms. The number of amides is 5. The van der Waals surface area contributed by atoms with Crippen LogP contribution >= 0.6 is 11.3 Å². The highest BCUT2D eigenvalue weighted by molar-refractivity contribution is 7.14. The van der Waals surface area contributed by atoms with Gasteiger partial charge in [0.2, 0.25) is 17.6 Å². The lowest BCUT2D eigenvalue weighted by atomic mass is 10.0. The maximum atomic E-state index is 14.8. The van der Waals surface area contributed by atoms with Gasteiger partial charge in [0.15, 0.2) is 23.3 Å². The number of halogens is 2. The number of rotatable bonds is 16. The van der Waals surface area contributed by atoms with Gasteiger partial charge in [-0.2, -0.15) is 4.39 Å². The van der Waals surface area contributed by atoms with Crippen molar-refractivity contribution in [3.8, 4) is 17.0 Å². The Kier molecular flexibility index (Phi) is 12.1. The van der Waals surface area contributed by atoms with Gasteiger partial charge in [-0.3, -0.25) is 34.2 Å². The number of benzene rings is 2. The molecule has 3 aliphatic rings. The highest BCUT2D eigenvalue weighted by Gasteiger charge is 2.45. The van der Waals surface area contributed by atoms with Gasteiger partial charge in [-0.05, 0) is 43.5 Å². The zero-order valence-electron chi connectivity index (χ0n) is 28.5. The van der Waals surface area contributed by atoms with Crippen LogP contribution in [0, 0.1) is 11.6 Å². The molecule has 0 radical (unpaired) electrons. The second-order valence-electron chi connectivity index (χ2n) is 12.7. The summed E-state index contributed by atoms with van der Waals surface area (Å²) < 4.78 is 39.8. The second kappa shape index (κ2) is 17.0. The van der Waals surface area contributed by atoms with Crippen LogP contribution in [0.3, 0.4) is 0 Å². The van der Waals surface area contributed by atoms with Crippen molar-refractivity contribution in [1.82, 2.24) is 20.5 Å². The van der Waals surface area contributed by atoms with E-state index in [1.165, 1.54) is 17.4 Å². The number of carbonyl (C=O) groups is 5. The van der Waals surface area contributed by atoms with Crippen molar-refractivity contribution in [3.63, 3.8) is 0 Å². The average molecular weight is 739 g/mol. The first-order valence-corrected chi connectivity index (χ1v) is 18.4. The number of ether oxygens (including phenoxy) is 2. The number of aromatic nitrogens is 1. The van der Waals surface area contributed by atoms with Gasteiger partial charge in [-0.1, -0.05) is 31.7 Å². The largest absolute Gasteiger partial charge is 0.480 e. The first-order valence-electron chi connectivity index (χ1n) is 17.5. The van der Waals surface area contributed by atoms with Gasteiger partial charge >= 0.3 is 0 Å². The number of nitrogens with one attached hydrogen (secondary N) is 3. The highest BCUT2D eigenvalue weighted by Crippen LogP contribution is 2.37. The fraction of sp³-hybridized carbons (Fsp3) is 0.444. The van der Waals surface area contributed by atoms with Crippen LogP contribution in [0.1, 0.15) is 72.1 Å². The van der Waals surface area contributed by atoms with Crippen molar-refractivity contribution in [1.29, 1.82) is 0 Å². The summed E-state index contributed by atoms with van der Waals surface area (Å²) >= 11 is 1.39. The first kappa shape index (κ1) is 36.8. The van der Waals surface area contributed by atoms with Crippen molar-refractivity contribution in [3.05, 3.63) is 58.5 Å². The Bertz CT molecular complexity index is 1830. The SMILES string of the molecule is O=C(COc1c(-c2csc(N3CCOCC3)n2)ccc(F)c1F)NCCCCCCCCNc1cccc2c1C(=O)N(C1CCC(=O)NC1=O)C2=O. The number of thiazole rings is 1. The summed E-state index contributed by atoms with van der Waals surface area (Å²) in [4.78, 5) is 70.2. The van der Waals surface area contributed by atoms with Crippen molar-refractivity contribution < 1.29 is 42.2 Å². The third-order valence-corrected chi connectivity index (χ3v) is 10.1. The second-order valence-corrected chi connectivity index (χ2v) is 13.6. The number of imide groups is 2. The lowest BCUT2D eigenvalue weighted by Gasteiger charge is -2.27. The van der Waals surface area contributed by atoms with Gasteiger partial charge in [0, 0.05) is 49.2 Å². The van der Waals surface area contributed by atoms with Crippen molar-refractivity contribution in [2.24, 2.45) is 0 Å². The Morgan fingerprint density at radius 2 is 1.71 bits per heavy atom. The van der Waals surface area contributed by atoms with E-state index in [-0.39, 0.29) is 35.3 Å². The Morgan fingerprint density at radius 3 is 2.48 bits per heavy atom. The number of fused-ring (bicyclic) bond motifs is 1. The summed E-state index contributed by atoms with van der Waals surface area (Å²) in [5.74, 6) is -5.20. The summed E-state index contributed by atoms with van der Waals surface area (Å²) in [5.41, 5.74) is 1.71. The summed E-state index contributed by atoms with van der Waals surface area (Å²) in [6, 6.07) is 6.38. The molecule has 4 heterocycles. The van der Waals surface area contributed by atoms with Gasteiger partial charge in [0.25, 0.3) is 17.7 Å². The molecule has 0 spiro atoms. The van der Waals surface area contributed by atoms with Crippen molar-refractivity contribution in [2.75, 3.05) is 56.2 Å². The quantitative estimate of drug-likeness (QED) is 0.143. The third kappa shape index (κ3) is 8.39. The monoisotopic (exact) mass is 738 g/mol. The lowest BCUT2D eigenvalue weighted by molar-refractivity contribution is -0.136. The van der Waals surface area contributed by atoms with Gasteiger partial charge in [-0.25, -0.2) is 9.37 Å². The Hall–Kier alpha value is -4.96. The van der Waals surface area contributed by atoms with Gasteiger partial charge in [-0.15, -0.1) is 11.3 Å². The molecule has 2 fully saturated rings. The van der Waals surface area contributed by atoms with Crippen LogP contribution in [-0.2, 0) is 19.1 Å². The number of anilines is 2. The minimum absolute atomic E-state index is 0.0613.